The van der Waals surface area contributed by atoms with E-state index in [2.05, 4.69) is 29.2 Å². The third-order valence-electron chi connectivity index (χ3n) is 4.43. The Morgan fingerprint density at radius 3 is 2.65 bits per heavy atom. The number of anilines is 1. The van der Waals surface area contributed by atoms with Gasteiger partial charge in [0, 0.05) is 16.8 Å². The maximum atomic E-state index is 6.17. The molecule has 2 aromatic rings. The second-order valence-electron chi connectivity index (χ2n) is 5.93. The third-order valence-corrected chi connectivity index (χ3v) is 4.43. The zero-order valence-corrected chi connectivity index (χ0v) is 11.6. The summed E-state index contributed by atoms with van der Waals surface area (Å²) in [6, 6.07) is 8.53. The van der Waals surface area contributed by atoms with Crippen molar-refractivity contribution >= 4 is 5.82 Å². The first-order chi connectivity index (χ1) is 9.83. The van der Waals surface area contributed by atoms with Crippen LogP contribution in [0, 0.1) is 0 Å². The SMILES string of the molecule is Nc1nc(-c2ccccc2C2CC2)nc2c1CCCC2. The predicted molar refractivity (Wildman–Crippen MR) is 80.5 cm³/mol. The van der Waals surface area contributed by atoms with Gasteiger partial charge in [0.1, 0.15) is 5.82 Å². The van der Waals surface area contributed by atoms with Gasteiger partial charge in [-0.25, -0.2) is 9.97 Å². The van der Waals surface area contributed by atoms with Crippen molar-refractivity contribution in [2.75, 3.05) is 5.73 Å². The molecule has 20 heavy (non-hydrogen) atoms. The molecule has 0 saturated heterocycles. The van der Waals surface area contributed by atoms with Gasteiger partial charge in [0.15, 0.2) is 5.82 Å². The van der Waals surface area contributed by atoms with Crippen molar-refractivity contribution in [1.82, 2.24) is 9.97 Å². The van der Waals surface area contributed by atoms with Crippen molar-refractivity contribution in [3.63, 3.8) is 0 Å². The molecule has 0 radical (unpaired) electrons. The quantitative estimate of drug-likeness (QED) is 0.904. The molecule has 1 aromatic heterocycles. The van der Waals surface area contributed by atoms with Crippen molar-refractivity contribution in [2.24, 2.45) is 0 Å². The molecule has 0 spiro atoms. The van der Waals surface area contributed by atoms with Gasteiger partial charge in [-0.3, -0.25) is 0 Å². The number of nitrogens with two attached hydrogens (primary N) is 1. The van der Waals surface area contributed by atoms with Crippen LogP contribution in [0.4, 0.5) is 5.82 Å². The van der Waals surface area contributed by atoms with Gasteiger partial charge in [0.2, 0.25) is 0 Å². The normalized spacial score (nSPS) is 17.8. The first-order valence-electron chi connectivity index (χ1n) is 7.57. The summed E-state index contributed by atoms with van der Waals surface area (Å²) in [6.45, 7) is 0. The Balaban J connectivity index is 1.84. The number of nitrogen functional groups attached to an aromatic ring is 1. The molecular weight excluding hydrogens is 246 g/mol. The van der Waals surface area contributed by atoms with Crippen LogP contribution in [0.1, 0.15) is 48.4 Å². The monoisotopic (exact) mass is 265 g/mol. The summed E-state index contributed by atoms with van der Waals surface area (Å²) in [7, 11) is 0. The fraction of sp³-hybridized carbons (Fsp3) is 0.412. The molecular formula is C17H19N3. The molecule has 0 unspecified atom stereocenters. The number of nitrogens with zero attached hydrogens (tertiary/aromatic N) is 2. The summed E-state index contributed by atoms with van der Waals surface area (Å²) in [5, 5.41) is 0. The molecule has 1 saturated carbocycles. The molecule has 0 amide bonds. The Kier molecular flexibility index (Phi) is 2.72. The van der Waals surface area contributed by atoms with Crippen molar-refractivity contribution < 1.29 is 0 Å². The van der Waals surface area contributed by atoms with Gasteiger partial charge >= 0.3 is 0 Å². The molecule has 4 rings (SSSR count). The molecule has 1 aromatic carbocycles. The topological polar surface area (TPSA) is 51.8 Å². The van der Waals surface area contributed by atoms with Gasteiger partial charge in [-0.15, -0.1) is 0 Å². The number of fused-ring (bicyclic) bond motifs is 1. The van der Waals surface area contributed by atoms with E-state index in [0.29, 0.717) is 11.7 Å². The Morgan fingerprint density at radius 1 is 1.00 bits per heavy atom. The highest BCUT2D eigenvalue weighted by Crippen LogP contribution is 2.44. The van der Waals surface area contributed by atoms with Gasteiger partial charge < -0.3 is 5.73 Å². The van der Waals surface area contributed by atoms with Gasteiger partial charge in [-0.2, -0.15) is 0 Å². The van der Waals surface area contributed by atoms with Crippen LogP contribution in [0.5, 0.6) is 0 Å². The molecule has 3 heteroatoms. The third kappa shape index (κ3) is 1.98. The molecule has 2 N–H and O–H groups in total. The van der Waals surface area contributed by atoms with Crippen LogP contribution in [0.3, 0.4) is 0 Å². The van der Waals surface area contributed by atoms with E-state index in [4.69, 9.17) is 10.7 Å². The van der Waals surface area contributed by atoms with Crippen molar-refractivity contribution in [3.05, 3.63) is 41.1 Å². The summed E-state index contributed by atoms with van der Waals surface area (Å²) in [4.78, 5) is 9.42. The van der Waals surface area contributed by atoms with Gasteiger partial charge in [0.05, 0.1) is 0 Å². The minimum Gasteiger partial charge on any atom is -0.383 e. The van der Waals surface area contributed by atoms with Crippen LogP contribution in [0.25, 0.3) is 11.4 Å². The molecule has 0 atom stereocenters. The van der Waals surface area contributed by atoms with E-state index < -0.39 is 0 Å². The number of benzene rings is 1. The second-order valence-corrected chi connectivity index (χ2v) is 5.93. The second kappa shape index (κ2) is 4.58. The number of hydrogen-bond acceptors (Lipinski definition) is 3. The number of hydrogen-bond donors (Lipinski definition) is 1. The first kappa shape index (κ1) is 11.9. The smallest absolute Gasteiger partial charge is 0.162 e. The van der Waals surface area contributed by atoms with Crippen molar-refractivity contribution in [2.45, 2.75) is 44.4 Å². The van der Waals surface area contributed by atoms with Crippen LogP contribution in [0.15, 0.2) is 24.3 Å². The number of rotatable bonds is 2. The molecule has 1 fully saturated rings. The molecule has 102 valence electrons. The zero-order valence-electron chi connectivity index (χ0n) is 11.6. The highest BCUT2D eigenvalue weighted by atomic mass is 15.0. The zero-order chi connectivity index (χ0) is 13.5. The van der Waals surface area contributed by atoms with Gasteiger partial charge in [-0.05, 0) is 50.0 Å². The standard InChI is InChI=1S/C17H19N3/c18-16-14-7-3-4-8-15(14)19-17(20-16)13-6-2-1-5-12(13)11-9-10-11/h1-2,5-6,11H,3-4,7-10H2,(H2,18,19,20). The summed E-state index contributed by atoms with van der Waals surface area (Å²) in [5.74, 6) is 2.22. The fourth-order valence-electron chi connectivity index (χ4n) is 3.19. The minimum absolute atomic E-state index is 0.690. The number of aryl methyl sites for hydroxylation is 1. The van der Waals surface area contributed by atoms with Crippen LogP contribution in [-0.4, -0.2) is 9.97 Å². The molecule has 0 aliphatic heterocycles. The summed E-state index contributed by atoms with van der Waals surface area (Å²) < 4.78 is 0. The largest absolute Gasteiger partial charge is 0.383 e. The first-order valence-corrected chi connectivity index (χ1v) is 7.57. The van der Waals surface area contributed by atoms with E-state index in [1.165, 1.54) is 48.1 Å². The van der Waals surface area contributed by atoms with Crippen LogP contribution in [-0.2, 0) is 12.8 Å². The summed E-state index contributed by atoms with van der Waals surface area (Å²) in [5.41, 5.74) is 11.1. The molecule has 2 aliphatic rings. The Morgan fingerprint density at radius 2 is 1.80 bits per heavy atom. The lowest BCUT2D eigenvalue weighted by Gasteiger charge is -2.18. The van der Waals surface area contributed by atoms with E-state index in [9.17, 15) is 0 Å². The summed E-state index contributed by atoms with van der Waals surface area (Å²) in [6.07, 6.45) is 7.08. The lowest BCUT2D eigenvalue weighted by molar-refractivity contribution is 0.666. The molecule has 0 bridgehead atoms. The molecule has 2 aliphatic carbocycles. The minimum atomic E-state index is 0.690. The Bertz CT molecular complexity index is 659. The van der Waals surface area contributed by atoms with E-state index in [1.54, 1.807) is 0 Å². The van der Waals surface area contributed by atoms with Gasteiger partial charge in [0.25, 0.3) is 0 Å². The van der Waals surface area contributed by atoms with Crippen LogP contribution >= 0.6 is 0 Å². The molecule has 3 nitrogen and oxygen atoms in total. The summed E-state index contributed by atoms with van der Waals surface area (Å²) >= 11 is 0. The lowest BCUT2D eigenvalue weighted by Crippen LogP contribution is -2.12. The lowest BCUT2D eigenvalue weighted by atomic mass is 9.95. The van der Waals surface area contributed by atoms with Crippen LogP contribution < -0.4 is 5.73 Å². The highest BCUT2D eigenvalue weighted by Gasteiger charge is 2.27. The maximum Gasteiger partial charge on any atom is 0.162 e. The average molecular weight is 265 g/mol. The maximum absolute atomic E-state index is 6.17. The Labute approximate surface area is 119 Å². The van der Waals surface area contributed by atoms with Crippen molar-refractivity contribution in [1.29, 1.82) is 0 Å². The van der Waals surface area contributed by atoms with E-state index in [0.717, 1.165) is 18.7 Å². The average Bonchev–Trinajstić information content (AvgIpc) is 3.32. The van der Waals surface area contributed by atoms with E-state index in [-0.39, 0.29) is 0 Å². The molecule has 1 heterocycles. The van der Waals surface area contributed by atoms with Crippen LogP contribution in [0.2, 0.25) is 0 Å². The van der Waals surface area contributed by atoms with E-state index >= 15 is 0 Å². The number of aromatic nitrogens is 2. The van der Waals surface area contributed by atoms with Gasteiger partial charge in [-0.1, -0.05) is 24.3 Å². The van der Waals surface area contributed by atoms with E-state index in [1.807, 2.05) is 0 Å². The fourth-order valence-corrected chi connectivity index (χ4v) is 3.19. The Hall–Kier alpha value is -1.90. The van der Waals surface area contributed by atoms with Crippen molar-refractivity contribution in [3.8, 4) is 11.4 Å². The highest BCUT2D eigenvalue weighted by molar-refractivity contribution is 5.64. The predicted octanol–water partition coefficient (Wildman–Crippen LogP) is 3.48.